The molecule has 0 unspecified atom stereocenters. The number of carbonyl (C=O) groups is 1. The Bertz CT molecular complexity index is 551. The molecule has 0 bridgehead atoms. The van der Waals surface area contributed by atoms with Gasteiger partial charge in [0.2, 0.25) is 0 Å². The molecular weight excluding hydrogens is 272 g/mol. The highest BCUT2D eigenvalue weighted by atomic mass is 16.4. The molecule has 0 atom stereocenters. The standard InChI is InChI=1S/C14H20N4O3/c1-10-2-3-11(12(19)8-10)14(20)18-6-4-17(5-7-18)9-13(15)16-21/h2-3,8,19,21H,4-7,9H2,1H3,(H2,15,16). The van der Waals surface area contributed by atoms with Crippen LogP contribution in [0.1, 0.15) is 15.9 Å². The van der Waals surface area contributed by atoms with Gasteiger partial charge in [-0.25, -0.2) is 0 Å². The van der Waals surface area contributed by atoms with Gasteiger partial charge in [-0.3, -0.25) is 9.69 Å². The van der Waals surface area contributed by atoms with Crippen LogP contribution in [0.2, 0.25) is 0 Å². The summed E-state index contributed by atoms with van der Waals surface area (Å²) >= 11 is 0. The Morgan fingerprint density at radius 2 is 2.00 bits per heavy atom. The molecule has 4 N–H and O–H groups in total. The summed E-state index contributed by atoms with van der Waals surface area (Å²) in [4.78, 5) is 16.1. The van der Waals surface area contributed by atoms with E-state index < -0.39 is 0 Å². The minimum absolute atomic E-state index is 0.0130. The molecule has 1 aliphatic heterocycles. The number of benzene rings is 1. The SMILES string of the molecule is Cc1ccc(C(=O)N2CCN(CC(N)=NO)CC2)c(O)c1. The molecule has 1 aliphatic rings. The normalized spacial score (nSPS) is 17.0. The molecular formula is C14H20N4O3. The maximum atomic E-state index is 12.4. The van der Waals surface area contributed by atoms with Crippen molar-refractivity contribution in [3.8, 4) is 5.75 Å². The van der Waals surface area contributed by atoms with Crippen LogP contribution >= 0.6 is 0 Å². The van der Waals surface area contributed by atoms with Crippen LogP contribution in [-0.2, 0) is 0 Å². The lowest BCUT2D eigenvalue weighted by atomic mass is 10.1. The molecule has 1 aromatic rings. The number of oxime groups is 1. The molecule has 1 aromatic carbocycles. The molecule has 1 saturated heterocycles. The van der Waals surface area contributed by atoms with E-state index in [-0.39, 0.29) is 17.5 Å². The molecule has 0 saturated carbocycles. The van der Waals surface area contributed by atoms with Crippen LogP contribution in [0.4, 0.5) is 0 Å². The van der Waals surface area contributed by atoms with E-state index in [1.165, 1.54) is 0 Å². The third-order valence-corrected chi connectivity index (χ3v) is 3.56. The predicted octanol–water partition coefficient (Wildman–Crippen LogP) is 0.205. The first-order valence-electron chi connectivity index (χ1n) is 6.79. The first kappa shape index (κ1) is 15.1. The molecule has 0 aromatic heterocycles. The number of piperazine rings is 1. The van der Waals surface area contributed by atoms with E-state index in [9.17, 15) is 9.90 Å². The van der Waals surface area contributed by atoms with Crippen LogP contribution in [0.3, 0.4) is 0 Å². The second kappa shape index (κ2) is 6.45. The summed E-state index contributed by atoms with van der Waals surface area (Å²) in [6.07, 6.45) is 0. The van der Waals surface area contributed by atoms with Crippen molar-refractivity contribution in [3.63, 3.8) is 0 Å². The van der Waals surface area contributed by atoms with Gasteiger partial charge < -0.3 is 20.9 Å². The molecule has 114 valence electrons. The molecule has 7 heteroatoms. The third kappa shape index (κ3) is 3.63. The van der Waals surface area contributed by atoms with Gasteiger partial charge in [0, 0.05) is 26.2 Å². The Morgan fingerprint density at radius 1 is 1.33 bits per heavy atom. The van der Waals surface area contributed by atoms with E-state index in [4.69, 9.17) is 10.9 Å². The van der Waals surface area contributed by atoms with Crippen molar-refractivity contribution < 1.29 is 15.1 Å². The molecule has 1 amide bonds. The average Bonchev–Trinajstić information content (AvgIpc) is 2.47. The number of amidine groups is 1. The number of carbonyl (C=O) groups excluding carboxylic acids is 1. The number of aromatic hydroxyl groups is 1. The second-order valence-corrected chi connectivity index (χ2v) is 5.18. The minimum Gasteiger partial charge on any atom is -0.507 e. The summed E-state index contributed by atoms with van der Waals surface area (Å²) in [7, 11) is 0. The zero-order chi connectivity index (χ0) is 15.4. The Morgan fingerprint density at radius 3 is 2.57 bits per heavy atom. The van der Waals surface area contributed by atoms with Gasteiger partial charge in [0.1, 0.15) is 5.75 Å². The molecule has 0 aliphatic carbocycles. The summed E-state index contributed by atoms with van der Waals surface area (Å²) in [6.45, 7) is 4.63. The Kier molecular flexibility index (Phi) is 4.64. The summed E-state index contributed by atoms with van der Waals surface area (Å²) in [5.74, 6) is 0.000917. The number of nitrogens with zero attached hydrogens (tertiary/aromatic N) is 3. The highest BCUT2D eigenvalue weighted by Gasteiger charge is 2.24. The fourth-order valence-electron chi connectivity index (χ4n) is 2.36. The average molecular weight is 292 g/mol. The van der Waals surface area contributed by atoms with Gasteiger partial charge in [0.05, 0.1) is 12.1 Å². The smallest absolute Gasteiger partial charge is 0.257 e. The maximum Gasteiger partial charge on any atom is 0.257 e. The van der Waals surface area contributed by atoms with E-state index in [0.29, 0.717) is 38.3 Å². The van der Waals surface area contributed by atoms with Crippen LogP contribution in [0, 0.1) is 6.92 Å². The van der Waals surface area contributed by atoms with Gasteiger partial charge in [-0.2, -0.15) is 0 Å². The fourth-order valence-corrected chi connectivity index (χ4v) is 2.36. The third-order valence-electron chi connectivity index (χ3n) is 3.56. The lowest BCUT2D eigenvalue weighted by molar-refractivity contribution is 0.0650. The van der Waals surface area contributed by atoms with E-state index in [1.54, 1.807) is 17.0 Å². The van der Waals surface area contributed by atoms with Crippen LogP contribution in [0.15, 0.2) is 23.4 Å². The van der Waals surface area contributed by atoms with Crippen molar-refractivity contribution in [1.82, 2.24) is 9.80 Å². The number of rotatable bonds is 3. The molecule has 0 radical (unpaired) electrons. The first-order valence-corrected chi connectivity index (χ1v) is 6.79. The largest absolute Gasteiger partial charge is 0.507 e. The number of aryl methyl sites for hydroxylation is 1. The van der Waals surface area contributed by atoms with Crippen molar-refractivity contribution in [2.24, 2.45) is 10.9 Å². The molecule has 2 rings (SSSR count). The fraction of sp³-hybridized carbons (Fsp3) is 0.429. The number of hydrogen-bond donors (Lipinski definition) is 3. The summed E-state index contributed by atoms with van der Waals surface area (Å²) in [6, 6.07) is 5.04. The van der Waals surface area contributed by atoms with Crippen molar-refractivity contribution in [2.75, 3.05) is 32.7 Å². The van der Waals surface area contributed by atoms with Crippen molar-refractivity contribution >= 4 is 11.7 Å². The number of hydrogen-bond acceptors (Lipinski definition) is 5. The quantitative estimate of drug-likeness (QED) is 0.320. The van der Waals surface area contributed by atoms with E-state index >= 15 is 0 Å². The zero-order valence-electron chi connectivity index (χ0n) is 12.0. The Hall–Kier alpha value is -2.28. The topological polar surface area (TPSA) is 102 Å². The van der Waals surface area contributed by atoms with Gasteiger partial charge in [0.25, 0.3) is 5.91 Å². The second-order valence-electron chi connectivity index (χ2n) is 5.18. The molecule has 0 spiro atoms. The molecule has 7 nitrogen and oxygen atoms in total. The van der Waals surface area contributed by atoms with Gasteiger partial charge in [-0.1, -0.05) is 11.2 Å². The number of phenolic OH excluding ortho intramolecular Hbond substituents is 1. The van der Waals surface area contributed by atoms with E-state index in [2.05, 4.69) is 5.16 Å². The number of nitrogens with two attached hydrogens (primary N) is 1. The summed E-state index contributed by atoms with van der Waals surface area (Å²) < 4.78 is 0. The zero-order valence-corrected chi connectivity index (χ0v) is 12.0. The first-order chi connectivity index (χ1) is 10.0. The number of phenols is 1. The van der Waals surface area contributed by atoms with E-state index in [0.717, 1.165) is 5.56 Å². The highest BCUT2D eigenvalue weighted by Crippen LogP contribution is 2.20. The van der Waals surface area contributed by atoms with Crippen molar-refractivity contribution in [2.45, 2.75) is 6.92 Å². The van der Waals surface area contributed by atoms with Gasteiger partial charge in [0.15, 0.2) is 5.84 Å². The molecule has 1 fully saturated rings. The number of amides is 1. The van der Waals surface area contributed by atoms with Gasteiger partial charge in [-0.05, 0) is 24.6 Å². The van der Waals surface area contributed by atoms with Crippen LogP contribution in [0.5, 0.6) is 5.75 Å². The maximum absolute atomic E-state index is 12.4. The van der Waals surface area contributed by atoms with E-state index in [1.807, 2.05) is 17.9 Å². The monoisotopic (exact) mass is 292 g/mol. The summed E-state index contributed by atoms with van der Waals surface area (Å²) in [5, 5.41) is 21.4. The van der Waals surface area contributed by atoms with Crippen molar-refractivity contribution in [3.05, 3.63) is 29.3 Å². The summed E-state index contributed by atoms with van der Waals surface area (Å²) in [5.41, 5.74) is 6.70. The van der Waals surface area contributed by atoms with Gasteiger partial charge in [-0.15, -0.1) is 0 Å². The molecule has 21 heavy (non-hydrogen) atoms. The van der Waals surface area contributed by atoms with Crippen molar-refractivity contribution in [1.29, 1.82) is 0 Å². The minimum atomic E-state index is -0.170. The lowest BCUT2D eigenvalue weighted by Gasteiger charge is -2.34. The Labute approximate surface area is 123 Å². The lowest BCUT2D eigenvalue weighted by Crippen LogP contribution is -2.50. The van der Waals surface area contributed by atoms with Crippen LogP contribution < -0.4 is 5.73 Å². The van der Waals surface area contributed by atoms with Crippen LogP contribution in [0.25, 0.3) is 0 Å². The van der Waals surface area contributed by atoms with Crippen LogP contribution in [-0.4, -0.2) is 64.6 Å². The Balaban J connectivity index is 1.97. The highest BCUT2D eigenvalue weighted by molar-refractivity contribution is 5.97. The molecule has 1 heterocycles. The van der Waals surface area contributed by atoms with Gasteiger partial charge >= 0.3 is 0 Å². The predicted molar refractivity (Wildman–Crippen MR) is 78.6 cm³/mol.